The smallest absolute Gasteiger partial charge is 0.399 e. The number of nitrogens with two attached hydrogens (primary N) is 1. The van der Waals surface area contributed by atoms with Crippen molar-refractivity contribution in [1.82, 2.24) is 4.31 Å². The molecule has 11 heteroatoms. The Balaban J connectivity index is 1.76. The Bertz CT molecular complexity index is 1170. The lowest BCUT2D eigenvalue weighted by molar-refractivity contribution is -0.120. The molecular weight excluding hydrogens is 486 g/mol. The monoisotopic (exact) mass is 520 g/mol. The van der Waals surface area contributed by atoms with Crippen molar-refractivity contribution in [2.24, 2.45) is 5.73 Å². The van der Waals surface area contributed by atoms with Crippen LogP contribution < -0.4 is 11.2 Å². The van der Waals surface area contributed by atoms with Crippen LogP contribution in [0.2, 0.25) is 0 Å². The van der Waals surface area contributed by atoms with E-state index in [0.717, 1.165) is 4.31 Å². The molecule has 0 amide bonds. The van der Waals surface area contributed by atoms with Gasteiger partial charge in [-0.3, -0.25) is 4.79 Å². The molecule has 2 unspecified atom stereocenters. The number of benzene rings is 2. The predicted molar refractivity (Wildman–Crippen MR) is 136 cm³/mol. The van der Waals surface area contributed by atoms with E-state index in [9.17, 15) is 22.7 Å². The predicted octanol–water partition coefficient (Wildman–Crippen LogP) is 1.64. The molecule has 0 saturated carbocycles. The molecule has 0 spiro atoms. The second-order valence-electron chi connectivity index (χ2n) is 10.2. The highest BCUT2D eigenvalue weighted by molar-refractivity contribution is 7.89. The van der Waals surface area contributed by atoms with E-state index in [0.29, 0.717) is 11.0 Å². The molecule has 36 heavy (non-hydrogen) atoms. The number of hydrogen-bond donors (Lipinski definition) is 2. The maximum atomic E-state index is 13.5. The average molecular weight is 520 g/mol. The molecule has 8 nitrogen and oxygen atoms in total. The number of ketones is 1. The highest BCUT2D eigenvalue weighted by Crippen LogP contribution is 2.36. The van der Waals surface area contributed by atoms with E-state index in [1.54, 1.807) is 18.2 Å². The normalized spacial score (nSPS) is 18.9. The lowest BCUT2D eigenvalue weighted by atomic mass is 9.79. The summed E-state index contributed by atoms with van der Waals surface area (Å²) in [6.45, 7) is 8.32. The van der Waals surface area contributed by atoms with Gasteiger partial charge in [-0.25, -0.2) is 12.8 Å². The maximum Gasteiger partial charge on any atom is 0.494 e. The molecule has 1 aliphatic heterocycles. The fourth-order valence-corrected chi connectivity index (χ4v) is 5.28. The van der Waals surface area contributed by atoms with Crippen molar-refractivity contribution in [3.8, 4) is 0 Å². The summed E-state index contributed by atoms with van der Waals surface area (Å²) in [5.74, 6) is -0.994. The van der Waals surface area contributed by atoms with Gasteiger partial charge in [-0.15, -0.1) is 0 Å². The molecule has 3 rings (SSSR count). The van der Waals surface area contributed by atoms with E-state index in [4.69, 9.17) is 15.0 Å². The van der Waals surface area contributed by atoms with Gasteiger partial charge < -0.3 is 20.1 Å². The van der Waals surface area contributed by atoms with Crippen molar-refractivity contribution in [3.63, 3.8) is 0 Å². The molecule has 1 heterocycles. The molecule has 3 N–H and O–H groups in total. The summed E-state index contributed by atoms with van der Waals surface area (Å²) in [6, 6.07) is 10.7. The van der Waals surface area contributed by atoms with E-state index in [2.05, 4.69) is 0 Å². The van der Waals surface area contributed by atoms with Crippen molar-refractivity contribution >= 4 is 28.4 Å². The standard InChI is InChI=1S/C25H34BFN2O6S/c1-17(30)15-29(16-23(31)22(28)14-18-7-6-8-20(27)13-18)36(32,33)21-11-9-19(10-12-21)26-34-24(2,3)25(4,5)35-26/h6-13,17,22,30H,14-16,28H2,1-5H3. The second kappa shape index (κ2) is 10.7. The van der Waals surface area contributed by atoms with Gasteiger partial charge in [0.2, 0.25) is 10.0 Å². The molecule has 1 aliphatic rings. The molecule has 2 atom stereocenters. The summed E-state index contributed by atoms with van der Waals surface area (Å²) in [5, 5.41) is 9.91. The molecule has 0 bridgehead atoms. The van der Waals surface area contributed by atoms with Crippen LogP contribution in [-0.4, -0.2) is 67.2 Å². The minimum Gasteiger partial charge on any atom is -0.399 e. The SMILES string of the molecule is CC(O)CN(CC(=O)C(N)Cc1cccc(F)c1)S(=O)(=O)c1ccc(B2OC(C)(C)C(C)(C)O2)cc1. The average Bonchev–Trinajstić information content (AvgIpc) is 3.00. The number of carbonyl (C=O) groups is 1. The zero-order chi connectivity index (χ0) is 26.9. The Kier molecular flexibility index (Phi) is 8.44. The zero-order valence-corrected chi connectivity index (χ0v) is 22.1. The number of halogens is 1. The number of sulfonamides is 1. The van der Waals surface area contributed by atoms with Gasteiger partial charge in [-0.1, -0.05) is 24.3 Å². The molecule has 0 radical (unpaired) electrons. The molecular formula is C25H34BFN2O6S. The van der Waals surface area contributed by atoms with E-state index in [-0.39, 0.29) is 17.9 Å². The molecule has 1 fully saturated rings. The third-order valence-electron chi connectivity index (χ3n) is 6.60. The van der Waals surface area contributed by atoms with Crippen molar-refractivity contribution in [3.05, 3.63) is 59.9 Å². The highest BCUT2D eigenvalue weighted by atomic mass is 32.2. The van der Waals surface area contributed by atoms with Crippen LogP contribution in [0, 0.1) is 5.82 Å². The summed E-state index contributed by atoms with van der Waals surface area (Å²) in [7, 11) is -4.79. The second-order valence-corrected chi connectivity index (χ2v) is 12.1. The Morgan fingerprint density at radius 1 is 1.11 bits per heavy atom. The Morgan fingerprint density at radius 3 is 2.22 bits per heavy atom. The first-order valence-electron chi connectivity index (χ1n) is 11.8. The molecule has 1 saturated heterocycles. The molecule has 2 aromatic carbocycles. The van der Waals surface area contributed by atoms with Gasteiger partial charge in [-0.2, -0.15) is 4.31 Å². The van der Waals surface area contributed by atoms with Gasteiger partial charge in [-0.05, 0) is 76.3 Å². The number of Topliss-reactive ketones (excluding diaryl/α,β-unsaturated/α-hetero) is 1. The number of aliphatic hydroxyl groups is 1. The van der Waals surface area contributed by atoms with Crippen molar-refractivity contribution in [1.29, 1.82) is 0 Å². The molecule has 196 valence electrons. The maximum absolute atomic E-state index is 13.5. The van der Waals surface area contributed by atoms with Gasteiger partial charge in [0.1, 0.15) is 5.82 Å². The summed E-state index contributed by atoms with van der Waals surface area (Å²) >= 11 is 0. The van der Waals surface area contributed by atoms with Crippen LogP contribution in [0.3, 0.4) is 0 Å². The number of aliphatic hydroxyl groups excluding tert-OH is 1. The Labute approximate surface area is 212 Å². The highest BCUT2D eigenvalue weighted by Gasteiger charge is 2.51. The van der Waals surface area contributed by atoms with Gasteiger partial charge >= 0.3 is 7.12 Å². The van der Waals surface area contributed by atoms with E-state index in [1.165, 1.54) is 37.3 Å². The molecule has 0 aromatic heterocycles. The van der Waals surface area contributed by atoms with E-state index in [1.807, 2.05) is 27.7 Å². The fraction of sp³-hybridized carbons (Fsp3) is 0.480. The molecule has 0 aliphatic carbocycles. The van der Waals surface area contributed by atoms with Crippen LogP contribution in [0.4, 0.5) is 4.39 Å². The van der Waals surface area contributed by atoms with Crippen LogP contribution in [-0.2, 0) is 30.5 Å². The van der Waals surface area contributed by atoms with E-state index >= 15 is 0 Å². The first kappa shape index (κ1) is 28.4. The fourth-order valence-electron chi connectivity index (χ4n) is 3.79. The third kappa shape index (κ3) is 6.40. The van der Waals surface area contributed by atoms with E-state index < -0.39 is 58.6 Å². The first-order chi connectivity index (χ1) is 16.6. The Morgan fingerprint density at radius 2 is 1.69 bits per heavy atom. The molecule has 2 aromatic rings. The van der Waals surface area contributed by atoms with Gasteiger partial charge in [0.05, 0.1) is 34.8 Å². The largest absolute Gasteiger partial charge is 0.494 e. The summed E-state index contributed by atoms with van der Waals surface area (Å²) < 4.78 is 53.2. The van der Waals surface area contributed by atoms with Crippen molar-refractivity contribution < 1.29 is 32.0 Å². The Hall–Kier alpha value is -2.15. The lowest BCUT2D eigenvalue weighted by Crippen LogP contribution is -2.45. The van der Waals surface area contributed by atoms with Crippen LogP contribution >= 0.6 is 0 Å². The van der Waals surface area contributed by atoms with Crippen LogP contribution in [0.25, 0.3) is 0 Å². The number of carbonyl (C=O) groups excluding carboxylic acids is 1. The zero-order valence-electron chi connectivity index (χ0n) is 21.3. The quantitative estimate of drug-likeness (QED) is 0.457. The van der Waals surface area contributed by atoms with Crippen LogP contribution in [0.1, 0.15) is 40.2 Å². The van der Waals surface area contributed by atoms with Gasteiger partial charge in [0.25, 0.3) is 0 Å². The topological polar surface area (TPSA) is 119 Å². The first-order valence-corrected chi connectivity index (χ1v) is 13.2. The summed E-state index contributed by atoms with van der Waals surface area (Å²) in [6.07, 6.45) is -0.960. The number of nitrogens with zero attached hydrogens (tertiary/aromatic N) is 1. The van der Waals surface area contributed by atoms with Crippen molar-refractivity contribution in [2.75, 3.05) is 13.1 Å². The van der Waals surface area contributed by atoms with Crippen molar-refractivity contribution in [2.45, 2.75) is 69.3 Å². The lowest BCUT2D eigenvalue weighted by Gasteiger charge is -2.32. The summed E-state index contributed by atoms with van der Waals surface area (Å²) in [5.41, 5.74) is 6.11. The number of rotatable bonds is 10. The van der Waals surface area contributed by atoms with Gasteiger partial charge in [0.15, 0.2) is 5.78 Å². The minimum absolute atomic E-state index is 0.0464. The van der Waals surface area contributed by atoms with Crippen LogP contribution in [0.5, 0.6) is 0 Å². The van der Waals surface area contributed by atoms with Crippen LogP contribution in [0.15, 0.2) is 53.4 Å². The minimum atomic E-state index is -4.13. The number of hydrogen-bond acceptors (Lipinski definition) is 7. The van der Waals surface area contributed by atoms with Gasteiger partial charge in [0, 0.05) is 6.54 Å². The third-order valence-corrected chi connectivity index (χ3v) is 8.43. The summed E-state index contributed by atoms with van der Waals surface area (Å²) in [4.78, 5) is 12.8.